The van der Waals surface area contributed by atoms with Crippen molar-refractivity contribution in [1.82, 2.24) is 14.5 Å². The normalized spacial score (nSPS) is 13.1. The smallest absolute Gasteiger partial charge is 0.274 e. The summed E-state index contributed by atoms with van der Waals surface area (Å²) in [7, 11) is 1.69. The highest BCUT2D eigenvalue weighted by atomic mass is 16.5. The lowest BCUT2D eigenvalue weighted by Crippen LogP contribution is -2.40. The molecule has 0 spiro atoms. The van der Waals surface area contributed by atoms with Crippen LogP contribution in [-0.4, -0.2) is 52.6 Å². The van der Waals surface area contributed by atoms with Crippen LogP contribution in [0.2, 0.25) is 0 Å². The van der Waals surface area contributed by atoms with Gasteiger partial charge in [0.1, 0.15) is 11.5 Å². The van der Waals surface area contributed by atoms with E-state index in [0.717, 1.165) is 22.3 Å². The number of benzene rings is 2. The second kappa shape index (κ2) is 11.5. The van der Waals surface area contributed by atoms with E-state index in [1.807, 2.05) is 44.2 Å². The van der Waals surface area contributed by atoms with Crippen molar-refractivity contribution >= 4 is 29.0 Å². The summed E-state index contributed by atoms with van der Waals surface area (Å²) in [5.74, 6) is 0.165. The van der Waals surface area contributed by atoms with Gasteiger partial charge in [-0.1, -0.05) is 29.8 Å². The third-order valence-corrected chi connectivity index (χ3v) is 6.96. The van der Waals surface area contributed by atoms with Crippen LogP contribution >= 0.6 is 0 Å². The van der Waals surface area contributed by atoms with Crippen LogP contribution in [0.4, 0.5) is 17.2 Å². The minimum atomic E-state index is -0.222. The van der Waals surface area contributed by atoms with Crippen LogP contribution in [0.1, 0.15) is 31.8 Å². The Bertz CT molecular complexity index is 1600. The van der Waals surface area contributed by atoms with Gasteiger partial charge in [0.15, 0.2) is 0 Å². The predicted molar refractivity (Wildman–Crippen MR) is 155 cm³/mol. The highest BCUT2D eigenvalue weighted by Crippen LogP contribution is 2.30. The van der Waals surface area contributed by atoms with E-state index in [-0.39, 0.29) is 17.4 Å². The summed E-state index contributed by atoms with van der Waals surface area (Å²) >= 11 is 0. The molecule has 0 bridgehead atoms. The van der Waals surface area contributed by atoms with Crippen molar-refractivity contribution in [2.24, 2.45) is 7.05 Å². The Morgan fingerprint density at radius 1 is 0.925 bits per heavy atom. The Balaban J connectivity index is 1.37. The number of rotatable bonds is 6. The molecule has 4 aromatic rings. The summed E-state index contributed by atoms with van der Waals surface area (Å²) in [4.78, 5) is 44.6. The van der Waals surface area contributed by atoms with Crippen molar-refractivity contribution in [2.75, 3.05) is 36.9 Å². The Labute approximate surface area is 232 Å². The third-order valence-electron chi connectivity index (χ3n) is 6.96. The van der Waals surface area contributed by atoms with Gasteiger partial charge in [0.05, 0.1) is 18.8 Å². The van der Waals surface area contributed by atoms with Crippen molar-refractivity contribution in [1.29, 1.82) is 0 Å². The third kappa shape index (κ3) is 5.79. The molecule has 2 aromatic heterocycles. The molecule has 5 rings (SSSR count). The van der Waals surface area contributed by atoms with Crippen LogP contribution < -0.4 is 16.2 Å². The highest BCUT2D eigenvalue weighted by Gasteiger charge is 2.19. The van der Waals surface area contributed by atoms with Crippen LogP contribution in [0.3, 0.4) is 0 Å². The Hall–Kier alpha value is -4.76. The molecule has 1 fully saturated rings. The number of carbonyl (C=O) groups excluding carboxylic acids is 2. The number of ether oxygens (including phenoxy) is 1. The minimum Gasteiger partial charge on any atom is -0.378 e. The molecule has 2 amide bonds. The van der Waals surface area contributed by atoms with Crippen molar-refractivity contribution in [3.63, 3.8) is 0 Å². The van der Waals surface area contributed by atoms with Gasteiger partial charge < -0.3 is 24.8 Å². The molecule has 9 heteroatoms. The SMILES string of the molecule is Cc1ccc(C(=O)Nc2cccc(-c3cc(Nc4ccc(C(=O)N5CCOCC5)cn4)c(=O)n(C)c3)c2C)cc1. The summed E-state index contributed by atoms with van der Waals surface area (Å²) < 4.78 is 6.82. The molecule has 0 radical (unpaired) electrons. The number of amides is 2. The summed E-state index contributed by atoms with van der Waals surface area (Å²) in [6.45, 7) is 6.07. The van der Waals surface area contributed by atoms with E-state index < -0.39 is 0 Å². The number of carbonyl (C=O) groups is 2. The molecule has 1 saturated heterocycles. The Morgan fingerprint density at radius 2 is 1.65 bits per heavy atom. The molecule has 0 aliphatic carbocycles. The Kier molecular flexibility index (Phi) is 7.75. The van der Waals surface area contributed by atoms with Gasteiger partial charge in [0, 0.05) is 49.3 Å². The van der Waals surface area contributed by atoms with Crippen LogP contribution in [0.5, 0.6) is 0 Å². The monoisotopic (exact) mass is 537 g/mol. The maximum Gasteiger partial charge on any atom is 0.274 e. The topological polar surface area (TPSA) is 106 Å². The molecular weight excluding hydrogens is 506 g/mol. The van der Waals surface area contributed by atoms with Crippen molar-refractivity contribution < 1.29 is 14.3 Å². The number of pyridine rings is 2. The van der Waals surface area contributed by atoms with Crippen LogP contribution in [-0.2, 0) is 11.8 Å². The lowest BCUT2D eigenvalue weighted by molar-refractivity contribution is 0.0302. The number of nitrogens with zero attached hydrogens (tertiary/aromatic N) is 3. The molecule has 40 heavy (non-hydrogen) atoms. The lowest BCUT2D eigenvalue weighted by atomic mass is 9.99. The van der Waals surface area contributed by atoms with Gasteiger partial charge in [0.25, 0.3) is 17.4 Å². The van der Waals surface area contributed by atoms with E-state index in [2.05, 4.69) is 15.6 Å². The zero-order chi connectivity index (χ0) is 28.2. The van der Waals surface area contributed by atoms with Gasteiger partial charge in [-0.2, -0.15) is 0 Å². The van der Waals surface area contributed by atoms with E-state index >= 15 is 0 Å². The first-order valence-electron chi connectivity index (χ1n) is 13.1. The van der Waals surface area contributed by atoms with Gasteiger partial charge in [-0.3, -0.25) is 14.4 Å². The van der Waals surface area contributed by atoms with E-state index in [1.165, 1.54) is 10.8 Å². The maximum absolute atomic E-state index is 13.0. The van der Waals surface area contributed by atoms with Gasteiger partial charge >= 0.3 is 0 Å². The van der Waals surface area contributed by atoms with Crippen LogP contribution in [0, 0.1) is 13.8 Å². The number of hydrogen-bond acceptors (Lipinski definition) is 6. The summed E-state index contributed by atoms with van der Waals surface area (Å²) in [5.41, 5.74) is 5.50. The highest BCUT2D eigenvalue weighted by molar-refractivity contribution is 6.05. The van der Waals surface area contributed by atoms with Gasteiger partial charge in [-0.15, -0.1) is 0 Å². The summed E-state index contributed by atoms with van der Waals surface area (Å²) in [6, 6.07) is 18.2. The quantitative estimate of drug-likeness (QED) is 0.374. The summed E-state index contributed by atoms with van der Waals surface area (Å²) in [5, 5.41) is 6.11. The molecule has 204 valence electrons. The number of anilines is 3. The molecule has 0 unspecified atom stereocenters. The fraction of sp³-hybridized carbons (Fsp3) is 0.226. The van der Waals surface area contributed by atoms with Crippen molar-refractivity contribution in [3.05, 3.63) is 106 Å². The van der Waals surface area contributed by atoms with Gasteiger partial charge in [-0.25, -0.2) is 4.98 Å². The van der Waals surface area contributed by atoms with Crippen LogP contribution in [0.15, 0.2) is 77.9 Å². The first kappa shape index (κ1) is 26.8. The molecule has 9 nitrogen and oxygen atoms in total. The molecule has 3 heterocycles. The minimum absolute atomic E-state index is 0.0925. The first-order chi connectivity index (χ1) is 19.3. The average molecular weight is 538 g/mol. The molecule has 1 aliphatic heterocycles. The maximum atomic E-state index is 13.0. The molecule has 0 saturated carbocycles. The standard InChI is InChI=1S/C31H31N5O4/c1-20-7-9-22(10-8-20)29(37)34-26-6-4-5-25(21(26)2)24-17-27(31(39)35(3)19-24)33-28-12-11-23(18-32-28)30(38)36-13-15-40-16-14-36/h4-12,17-19H,13-16H2,1-3H3,(H,32,33)(H,34,37). The molecule has 2 aromatic carbocycles. The number of nitrogens with one attached hydrogen (secondary N) is 2. The van der Waals surface area contributed by atoms with Gasteiger partial charge in [0.2, 0.25) is 0 Å². The van der Waals surface area contributed by atoms with E-state index in [9.17, 15) is 14.4 Å². The van der Waals surface area contributed by atoms with Crippen molar-refractivity contribution in [3.8, 4) is 11.1 Å². The molecule has 1 aliphatic rings. The predicted octanol–water partition coefficient (Wildman–Crippen LogP) is 4.53. The number of hydrogen-bond donors (Lipinski definition) is 2. The summed E-state index contributed by atoms with van der Waals surface area (Å²) in [6.07, 6.45) is 3.28. The fourth-order valence-corrected chi connectivity index (χ4v) is 4.61. The van der Waals surface area contributed by atoms with Crippen LogP contribution in [0.25, 0.3) is 11.1 Å². The molecule has 0 atom stereocenters. The van der Waals surface area contributed by atoms with Crippen molar-refractivity contribution in [2.45, 2.75) is 13.8 Å². The van der Waals surface area contributed by atoms with E-state index in [4.69, 9.17) is 4.74 Å². The van der Waals surface area contributed by atoms with E-state index in [1.54, 1.807) is 48.5 Å². The zero-order valence-electron chi connectivity index (χ0n) is 22.7. The average Bonchev–Trinajstić information content (AvgIpc) is 2.97. The second-order valence-electron chi connectivity index (χ2n) is 9.82. The largest absolute Gasteiger partial charge is 0.378 e. The number of aromatic nitrogens is 2. The lowest BCUT2D eigenvalue weighted by Gasteiger charge is -2.26. The van der Waals surface area contributed by atoms with E-state index in [0.29, 0.717) is 54.6 Å². The first-order valence-corrected chi connectivity index (χ1v) is 13.1. The van der Waals surface area contributed by atoms with Gasteiger partial charge in [-0.05, 0) is 61.4 Å². The number of aryl methyl sites for hydroxylation is 2. The fourth-order valence-electron chi connectivity index (χ4n) is 4.61. The zero-order valence-corrected chi connectivity index (χ0v) is 22.7. The molecule has 2 N–H and O–H groups in total. The molecular formula is C31H31N5O4. The Morgan fingerprint density at radius 3 is 2.35 bits per heavy atom. The number of morpholine rings is 1. The second-order valence-corrected chi connectivity index (χ2v) is 9.82.